The van der Waals surface area contributed by atoms with Crippen molar-refractivity contribution in [2.75, 3.05) is 36.0 Å². The minimum Gasteiger partial charge on any atom is -0.312 e. The SMILES string of the molecule is CCN(CC)S(=O)(=O)c1ccc2c(c1)CCN2C(=O)/C=C/c1ccc(N2CCCC2=O)cc1. The molecule has 4 rings (SSSR count). The van der Waals surface area contributed by atoms with E-state index in [4.69, 9.17) is 0 Å². The van der Waals surface area contributed by atoms with Crippen LogP contribution >= 0.6 is 0 Å². The van der Waals surface area contributed by atoms with E-state index >= 15 is 0 Å². The van der Waals surface area contributed by atoms with Crippen molar-refractivity contribution in [2.45, 2.75) is 38.0 Å². The van der Waals surface area contributed by atoms with Crippen molar-refractivity contribution in [2.24, 2.45) is 0 Å². The number of carbonyl (C=O) groups is 2. The monoisotopic (exact) mass is 467 g/mol. The highest BCUT2D eigenvalue weighted by atomic mass is 32.2. The second kappa shape index (κ2) is 9.49. The number of carbonyl (C=O) groups excluding carboxylic acids is 2. The summed E-state index contributed by atoms with van der Waals surface area (Å²) in [6.07, 6.45) is 5.39. The summed E-state index contributed by atoms with van der Waals surface area (Å²) in [4.78, 5) is 28.5. The number of fused-ring (bicyclic) bond motifs is 1. The molecule has 1 saturated heterocycles. The molecule has 7 nitrogen and oxygen atoms in total. The molecule has 174 valence electrons. The number of hydrogen-bond donors (Lipinski definition) is 0. The van der Waals surface area contributed by atoms with Gasteiger partial charge >= 0.3 is 0 Å². The zero-order valence-electron chi connectivity index (χ0n) is 19.0. The maximum atomic E-state index is 12.8. The average Bonchev–Trinajstić information content (AvgIpc) is 3.44. The molecular formula is C25H29N3O4S. The maximum absolute atomic E-state index is 12.8. The van der Waals surface area contributed by atoms with E-state index < -0.39 is 10.0 Å². The van der Waals surface area contributed by atoms with E-state index in [1.54, 1.807) is 34.1 Å². The fraction of sp³-hybridized carbons (Fsp3) is 0.360. The molecule has 2 aliphatic heterocycles. The van der Waals surface area contributed by atoms with E-state index in [2.05, 4.69) is 0 Å². The normalized spacial score (nSPS) is 16.3. The summed E-state index contributed by atoms with van der Waals surface area (Å²) in [5.74, 6) is 0.00104. The Morgan fingerprint density at radius 2 is 1.76 bits per heavy atom. The predicted molar refractivity (Wildman–Crippen MR) is 130 cm³/mol. The van der Waals surface area contributed by atoms with Crippen molar-refractivity contribution in [3.63, 3.8) is 0 Å². The van der Waals surface area contributed by atoms with Crippen LogP contribution in [0.15, 0.2) is 53.4 Å². The molecule has 8 heteroatoms. The highest BCUT2D eigenvalue weighted by Crippen LogP contribution is 2.31. The van der Waals surface area contributed by atoms with Gasteiger partial charge in [-0.05, 0) is 60.4 Å². The lowest BCUT2D eigenvalue weighted by Crippen LogP contribution is -2.30. The van der Waals surface area contributed by atoms with Crippen LogP contribution in [0.2, 0.25) is 0 Å². The summed E-state index contributed by atoms with van der Waals surface area (Å²) in [5.41, 5.74) is 3.37. The quantitative estimate of drug-likeness (QED) is 0.585. The van der Waals surface area contributed by atoms with Gasteiger partial charge in [0.25, 0.3) is 5.91 Å². The smallest absolute Gasteiger partial charge is 0.251 e. The van der Waals surface area contributed by atoms with E-state index in [0.29, 0.717) is 32.5 Å². The lowest BCUT2D eigenvalue weighted by atomic mass is 10.1. The Morgan fingerprint density at radius 1 is 1.03 bits per heavy atom. The fourth-order valence-corrected chi connectivity index (χ4v) is 5.93. The average molecular weight is 468 g/mol. The number of nitrogens with zero attached hydrogens (tertiary/aromatic N) is 3. The van der Waals surface area contributed by atoms with E-state index in [9.17, 15) is 18.0 Å². The number of rotatable bonds is 7. The van der Waals surface area contributed by atoms with Gasteiger partial charge < -0.3 is 9.80 Å². The minimum atomic E-state index is -3.53. The summed E-state index contributed by atoms with van der Waals surface area (Å²) in [7, 11) is -3.53. The van der Waals surface area contributed by atoms with Crippen LogP contribution in [-0.4, -0.2) is 50.7 Å². The first-order valence-corrected chi connectivity index (χ1v) is 12.8. The molecule has 0 atom stereocenters. The minimum absolute atomic E-state index is 0.146. The number of amides is 2. The van der Waals surface area contributed by atoms with Crippen molar-refractivity contribution in [3.8, 4) is 0 Å². The van der Waals surface area contributed by atoms with Crippen molar-refractivity contribution in [1.29, 1.82) is 0 Å². The molecule has 2 amide bonds. The van der Waals surface area contributed by atoms with Gasteiger partial charge in [-0.25, -0.2) is 8.42 Å². The lowest BCUT2D eigenvalue weighted by molar-refractivity contribution is -0.117. The molecular weight excluding hydrogens is 438 g/mol. The standard InChI is InChI=1S/C25H29N3O4S/c1-3-26(4-2)33(31,32)22-12-13-23-20(18-22)15-17-28(23)25(30)14-9-19-7-10-21(11-8-19)27-16-5-6-24(27)29/h7-14,18H,3-6,15-17H2,1-2H3/b14-9+. The number of sulfonamides is 1. The topological polar surface area (TPSA) is 78.0 Å². The second-order valence-corrected chi connectivity index (χ2v) is 10.1. The molecule has 2 aliphatic rings. The van der Waals surface area contributed by atoms with Crippen LogP contribution in [0.1, 0.15) is 37.8 Å². The van der Waals surface area contributed by atoms with Crippen molar-refractivity contribution >= 4 is 39.3 Å². The summed E-state index contributed by atoms with van der Waals surface area (Å²) in [6, 6.07) is 12.6. The van der Waals surface area contributed by atoms with Crippen molar-refractivity contribution in [1.82, 2.24) is 4.31 Å². The van der Waals surface area contributed by atoms with Gasteiger partial charge in [-0.2, -0.15) is 4.31 Å². The number of hydrogen-bond acceptors (Lipinski definition) is 4. The zero-order chi connectivity index (χ0) is 23.6. The van der Waals surface area contributed by atoms with Gasteiger partial charge in [0.15, 0.2) is 0 Å². The lowest BCUT2D eigenvalue weighted by Gasteiger charge is -2.19. The molecule has 2 aromatic carbocycles. The summed E-state index contributed by atoms with van der Waals surface area (Å²) in [5, 5.41) is 0. The number of anilines is 2. The molecule has 0 aliphatic carbocycles. The van der Waals surface area contributed by atoms with Gasteiger partial charge in [0.05, 0.1) is 4.90 Å². The predicted octanol–water partition coefficient (Wildman–Crippen LogP) is 3.45. The van der Waals surface area contributed by atoms with Crippen LogP contribution in [0.4, 0.5) is 11.4 Å². The van der Waals surface area contributed by atoms with Crippen molar-refractivity contribution in [3.05, 3.63) is 59.7 Å². The fourth-order valence-electron chi connectivity index (χ4n) is 4.42. The van der Waals surface area contributed by atoms with E-state index in [1.165, 1.54) is 10.4 Å². The van der Waals surface area contributed by atoms with E-state index in [-0.39, 0.29) is 16.7 Å². The van der Waals surface area contributed by atoms with Gasteiger partial charge in [-0.3, -0.25) is 9.59 Å². The largest absolute Gasteiger partial charge is 0.312 e. The second-order valence-electron chi connectivity index (χ2n) is 8.19. The molecule has 0 saturated carbocycles. The number of benzene rings is 2. The third-order valence-corrected chi connectivity index (χ3v) is 8.30. The summed E-state index contributed by atoms with van der Waals surface area (Å²) < 4.78 is 27.0. The molecule has 0 bridgehead atoms. The first-order chi connectivity index (χ1) is 15.8. The Kier molecular flexibility index (Phi) is 6.67. The van der Waals surface area contributed by atoms with Gasteiger partial charge in [-0.15, -0.1) is 0 Å². The summed E-state index contributed by atoms with van der Waals surface area (Å²) >= 11 is 0. The molecule has 0 N–H and O–H groups in total. The Balaban J connectivity index is 1.46. The van der Waals surface area contributed by atoms with Gasteiger partial charge in [0, 0.05) is 50.1 Å². The van der Waals surface area contributed by atoms with Gasteiger partial charge in [0.2, 0.25) is 15.9 Å². The Hall–Kier alpha value is -2.97. The highest BCUT2D eigenvalue weighted by molar-refractivity contribution is 7.89. The molecule has 0 unspecified atom stereocenters. The molecule has 2 heterocycles. The highest BCUT2D eigenvalue weighted by Gasteiger charge is 2.27. The molecule has 1 fully saturated rings. The first-order valence-electron chi connectivity index (χ1n) is 11.4. The van der Waals surface area contributed by atoms with Crippen LogP contribution in [0.3, 0.4) is 0 Å². The molecule has 0 radical (unpaired) electrons. The first kappa shape index (κ1) is 23.2. The van der Waals surface area contributed by atoms with E-state index in [0.717, 1.165) is 35.5 Å². The van der Waals surface area contributed by atoms with Gasteiger partial charge in [0.1, 0.15) is 0 Å². The molecule has 0 aromatic heterocycles. The third kappa shape index (κ3) is 4.58. The maximum Gasteiger partial charge on any atom is 0.251 e. The Bertz CT molecular complexity index is 1180. The van der Waals surface area contributed by atoms with Crippen LogP contribution in [0.5, 0.6) is 0 Å². The van der Waals surface area contributed by atoms with Crippen LogP contribution in [0.25, 0.3) is 6.08 Å². The Labute approximate surface area is 195 Å². The van der Waals surface area contributed by atoms with Crippen LogP contribution < -0.4 is 9.80 Å². The zero-order valence-corrected chi connectivity index (χ0v) is 19.8. The molecule has 33 heavy (non-hydrogen) atoms. The third-order valence-electron chi connectivity index (χ3n) is 6.25. The van der Waals surface area contributed by atoms with Crippen LogP contribution in [-0.2, 0) is 26.0 Å². The Morgan fingerprint density at radius 3 is 2.39 bits per heavy atom. The van der Waals surface area contributed by atoms with E-state index in [1.807, 2.05) is 38.1 Å². The van der Waals surface area contributed by atoms with Gasteiger partial charge in [-0.1, -0.05) is 26.0 Å². The van der Waals surface area contributed by atoms with Crippen LogP contribution in [0, 0.1) is 0 Å². The molecule has 0 spiro atoms. The van der Waals surface area contributed by atoms with Crippen molar-refractivity contribution < 1.29 is 18.0 Å². The summed E-state index contributed by atoms with van der Waals surface area (Å²) in [6.45, 7) is 5.74. The molecule has 2 aromatic rings.